The average Bonchev–Trinajstić information content (AvgIpc) is 3.13. The number of hydrogen-bond acceptors (Lipinski definition) is 6. The number of carbonyl (C=O) groups is 4. The van der Waals surface area contributed by atoms with Crippen LogP contribution in [0.25, 0.3) is 0 Å². The van der Waals surface area contributed by atoms with Crippen molar-refractivity contribution in [1.82, 2.24) is 4.90 Å². The fraction of sp³-hybridized carbons (Fsp3) is 0.185. The predicted octanol–water partition coefficient (Wildman–Crippen LogP) is 3.47. The largest absolute Gasteiger partial charge is 0.494 e. The summed E-state index contributed by atoms with van der Waals surface area (Å²) in [6.45, 7) is 1.83. The average molecular weight is 472 g/mol. The zero-order chi connectivity index (χ0) is 24.8. The highest BCUT2D eigenvalue weighted by Crippen LogP contribution is 2.26. The number of imide groups is 1. The Morgan fingerprint density at radius 2 is 1.46 bits per heavy atom. The van der Waals surface area contributed by atoms with Crippen LogP contribution in [0.3, 0.4) is 0 Å². The molecule has 1 atom stereocenters. The maximum absolute atomic E-state index is 13.1. The predicted molar refractivity (Wildman–Crippen MR) is 128 cm³/mol. The molecule has 0 saturated carbocycles. The van der Waals surface area contributed by atoms with Gasteiger partial charge in [0.25, 0.3) is 17.7 Å². The van der Waals surface area contributed by atoms with Gasteiger partial charge >= 0.3 is 5.97 Å². The van der Waals surface area contributed by atoms with Gasteiger partial charge in [-0.25, -0.2) is 4.79 Å². The lowest BCUT2D eigenvalue weighted by molar-refractivity contribution is -0.151. The van der Waals surface area contributed by atoms with E-state index in [0.29, 0.717) is 18.0 Å². The Morgan fingerprint density at radius 1 is 0.857 bits per heavy atom. The number of fused-ring (bicyclic) bond motifs is 1. The number of rotatable bonds is 9. The summed E-state index contributed by atoms with van der Waals surface area (Å²) in [6, 6.07) is 20.9. The van der Waals surface area contributed by atoms with Gasteiger partial charge in [-0.05, 0) is 48.9 Å². The Balaban J connectivity index is 1.46. The summed E-state index contributed by atoms with van der Waals surface area (Å²) in [5.74, 6) is -1.86. The van der Waals surface area contributed by atoms with E-state index < -0.39 is 36.3 Å². The van der Waals surface area contributed by atoms with Crippen LogP contribution in [0, 0.1) is 0 Å². The van der Waals surface area contributed by atoms with Crippen molar-refractivity contribution in [3.8, 4) is 5.75 Å². The Bertz CT molecular complexity index is 1210. The zero-order valence-electron chi connectivity index (χ0n) is 19.1. The number of benzene rings is 3. The molecule has 0 unspecified atom stereocenters. The van der Waals surface area contributed by atoms with Crippen LogP contribution in [-0.2, 0) is 20.7 Å². The molecule has 0 spiro atoms. The van der Waals surface area contributed by atoms with Gasteiger partial charge in [-0.1, -0.05) is 42.5 Å². The third kappa shape index (κ3) is 5.38. The second-order valence-electron chi connectivity index (χ2n) is 7.84. The van der Waals surface area contributed by atoms with Gasteiger partial charge in [0, 0.05) is 12.1 Å². The van der Waals surface area contributed by atoms with Crippen LogP contribution < -0.4 is 10.1 Å². The minimum absolute atomic E-state index is 0.0612. The van der Waals surface area contributed by atoms with Crippen LogP contribution in [-0.4, -0.2) is 47.8 Å². The number of anilines is 1. The smallest absolute Gasteiger partial charge is 0.330 e. The highest BCUT2D eigenvalue weighted by atomic mass is 16.5. The fourth-order valence-corrected chi connectivity index (χ4v) is 3.84. The van der Waals surface area contributed by atoms with Crippen LogP contribution in [0.5, 0.6) is 5.75 Å². The molecule has 1 aliphatic heterocycles. The number of amides is 3. The normalized spacial score (nSPS) is 13.2. The van der Waals surface area contributed by atoms with Crippen molar-refractivity contribution in [2.24, 2.45) is 0 Å². The molecule has 0 aliphatic carbocycles. The van der Waals surface area contributed by atoms with Crippen LogP contribution in [0.4, 0.5) is 5.69 Å². The number of nitrogens with one attached hydrogen (secondary N) is 1. The molecule has 3 aromatic carbocycles. The molecule has 0 radical (unpaired) electrons. The molecule has 8 nitrogen and oxygen atoms in total. The topological polar surface area (TPSA) is 102 Å². The second kappa shape index (κ2) is 10.6. The second-order valence-corrected chi connectivity index (χ2v) is 7.84. The summed E-state index contributed by atoms with van der Waals surface area (Å²) in [5, 5.41) is 2.64. The minimum Gasteiger partial charge on any atom is -0.494 e. The number of hydrogen-bond donors (Lipinski definition) is 1. The van der Waals surface area contributed by atoms with Gasteiger partial charge in [-0.3, -0.25) is 19.3 Å². The molecule has 3 aromatic rings. The Morgan fingerprint density at radius 3 is 2.06 bits per heavy atom. The maximum atomic E-state index is 13.1. The van der Waals surface area contributed by atoms with Crippen molar-refractivity contribution in [2.45, 2.75) is 19.4 Å². The number of esters is 1. The van der Waals surface area contributed by atoms with Gasteiger partial charge < -0.3 is 14.8 Å². The molecular formula is C27H24N2O6. The van der Waals surface area contributed by atoms with Crippen LogP contribution in [0.2, 0.25) is 0 Å². The van der Waals surface area contributed by atoms with Crippen LogP contribution in [0.1, 0.15) is 33.2 Å². The van der Waals surface area contributed by atoms with Gasteiger partial charge in [-0.15, -0.1) is 0 Å². The maximum Gasteiger partial charge on any atom is 0.330 e. The molecule has 1 heterocycles. The van der Waals surface area contributed by atoms with E-state index in [2.05, 4.69) is 5.32 Å². The standard InChI is InChI=1S/C27H24N2O6/c1-2-34-20-14-12-19(13-15-20)28-24(30)17-35-27(33)23(16-18-8-4-3-5-9-18)29-25(31)21-10-6-7-11-22(21)26(29)32/h3-15,23H,2,16-17H2,1H3,(H,28,30)/t23-/m1/s1. The summed E-state index contributed by atoms with van der Waals surface area (Å²) in [5.41, 5.74) is 1.72. The first-order valence-corrected chi connectivity index (χ1v) is 11.2. The quantitative estimate of drug-likeness (QED) is 0.378. The molecule has 178 valence electrons. The SMILES string of the molecule is CCOc1ccc(NC(=O)COC(=O)[C@@H](Cc2ccccc2)N2C(=O)c3ccccc3C2=O)cc1. The van der Waals surface area contributed by atoms with E-state index in [9.17, 15) is 19.2 Å². The molecular weight excluding hydrogens is 448 g/mol. The third-order valence-corrected chi connectivity index (χ3v) is 5.48. The minimum atomic E-state index is -1.22. The summed E-state index contributed by atoms with van der Waals surface area (Å²) in [4.78, 5) is 52.4. The van der Waals surface area contributed by atoms with Crippen molar-refractivity contribution in [3.05, 3.63) is 95.6 Å². The van der Waals surface area contributed by atoms with E-state index in [1.807, 2.05) is 13.0 Å². The van der Waals surface area contributed by atoms with E-state index in [4.69, 9.17) is 9.47 Å². The lowest BCUT2D eigenvalue weighted by Crippen LogP contribution is -2.47. The molecule has 0 saturated heterocycles. The van der Waals surface area contributed by atoms with Crippen molar-refractivity contribution in [3.63, 3.8) is 0 Å². The van der Waals surface area contributed by atoms with Gasteiger partial charge in [-0.2, -0.15) is 0 Å². The molecule has 0 aromatic heterocycles. The number of nitrogens with zero attached hydrogens (tertiary/aromatic N) is 1. The Labute approximate surface area is 202 Å². The number of ether oxygens (including phenoxy) is 2. The summed E-state index contributed by atoms with van der Waals surface area (Å²) in [6.07, 6.45) is 0.0612. The first-order chi connectivity index (χ1) is 17.0. The van der Waals surface area contributed by atoms with Crippen LogP contribution in [0.15, 0.2) is 78.9 Å². The van der Waals surface area contributed by atoms with E-state index in [1.54, 1.807) is 72.8 Å². The van der Waals surface area contributed by atoms with Crippen molar-refractivity contribution < 1.29 is 28.7 Å². The lowest BCUT2D eigenvalue weighted by Gasteiger charge is -2.24. The third-order valence-electron chi connectivity index (χ3n) is 5.48. The fourth-order valence-electron chi connectivity index (χ4n) is 3.84. The first kappa shape index (κ1) is 23.7. The molecule has 3 amide bonds. The van der Waals surface area contributed by atoms with E-state index in [1.165, 1.54) is 0 Å². The molecule has 4 rings (SSSR count). The molecule has 0 bridgehead atoms. The van der Waals surface area contributed by atoms with E-state index in [-0.39, 0.29) is 17.5 Å². The highest BCUT2D eigenvalue weighted by molar-refractivity contribution is 6.22. The van der Waals surface area contributed by atoms with Gasteiger partial charge in [0.15, 0.2) is 6.61 Å². The van der Waals surface area contributed by atoms with Crippen molar-refractivity contribution in [1.29, 1.82) is 0 Å². The highest BCUT2D eigenvalue weighted by Gasteiger charge is 2.43. The lowest BCUT2D eigenvalue weighted by atomic mass is 10.0. The summed E-state index contributed by atoms with van der Waals surface area (Å²) < 4.78 is 10.6. The van der Waals surface area contributed by atoms with Crippen molar-refractivity contribution in [2.75, 3.05) is 18.5 Å². The van der Waals surface area contributed by atoms with Gasteiger partial charge in [0.1, 0.15) is 11.8 Å². The molecule has 1 aliphatic rings. The van der Waals surface area contributed by atoms with E-state index >= 15 is 0 Å². The summed E-state index contributed by atoms with van der Waals surface area (Å²) in [7, 11) is 0. The van der Waals surface area contributed by atoms with Gasteiger partial charge in [0.05, 0.1) is 17.7 Å². The van der Waals surface area contributed by atoms with Gasteiger partial charge in [0.2, 0.25) is 0 Å². The molecule has 0 fully saturated rings. The monoisotopic (exact) mass is 472 g/mol. The molecule has 1 N–H and O–H groups in total. The number of carbonyl (C=O) groups excluding carboxylic acids is 4. The Kier molecular flexibility index (Phi) is 7.21. The van der Waals surface area contributed by atoms with Crippen LogP contribution >= 0.6 is 0 Å². The molecule has 8 heteroatoms. The summed E-state index contributed by atoms with van der Waals surface area (Å²) >= 11 is 0. The zero-order valence-corrected chi connectivity index (χ0v) is 19.1. The first-order valence-electron chi connectivity index (χ1n) is 11.2. The molecule has 35 heavy (non-hydrogen) atoms. The Hall–Kier alpha value is -4.46. The van der Waals surface area contributed by atoms with E-state index in [0.717, 1.165) is 10.5 Å². The van der Waals surface area contributed by atoms with Crippen molar-refractivity contribution >= 4 is 29.4 Å².